The molecule has 1 N–H and O–H groups in total. The molecule has 1 saturated carbocycles. The lowest BCUT2D eigenvalue weighted by Crippen LogP contribution is -2.45. The molecule has 84 valence electrons. The Morgan fingerprint density at radius 1 is 1.36 bits per heavy atom. The van der Waals surface area contributed by atoms with Crippen molar-refractivity contribution >= 4 is 0 Å². The van der Waals surface area contributed by atoms with Crippen LogP contribution < -0.4 is 5.32 Å². The topological polar surface area (TPSA) is 21.3 Å². The second kappa shape index (κ2) is 5.13. The van der Waals surface area contributed by atoms with Crippen LogP contribution in [0.3, 0.4) is 0 Å². The van der Waals surface area contributed by atoms with E-state index in [2.05, 4.69) is 33.0 Å². The molecule has 0 aromatic rings. The largest absolute Gasteiger partial charge is 0.377 e. The maximum Gasteiger partial charge on any atom is 0.0733 e. The van der Waals surface area contributed by atoms with Crippen LogP contribution in [-0.2, 0) is 4.74 Å². The van der Waals surface area contributed by atoms with Crippen LogP contribution in [0.15, 0.2) is 0 Å². The fourth-order valence-corrected chi connectivity index (χ4v) is 2.42. The summed E-state index contributed by atoms with van der Waals surface area (Å²) in [4.78, 5) is 0. The highest BCUT2D eigenvalue weighted by molar-refractivity contribution is 4.96. The molecule has 0 heterocycles. The highest BCUT2D eigenvalue weighted by atomic mass is 16.5. The lowest BCUT2D eigenvalue weighted by atomic mass is 9.87. The van der Waals surface area contributed by atoms with Gasteiger partial charge in [0.2, 0.25) is 0 Å². The molecule has 2 atom stereocenters. The highest BCUT2D eigenvalue weighted by Gasteiger charge is 2.41. The Labute approximate surface area is 88.4 Å². The molecule has 1 aliphatic rings. The van der Waals surface area contributed by atoms with E-state index in [0.717, 1.165) is 19.6 Å². The van der Waals surface area contributed by atoms with Gasteiger partial charge in [0.25, 0.3) is 0 Å². The quantitative estimate of drug-likeness (QED) is 0.735. The average Bonchev–Trinajstić information content (AvgIpc) is 2.41. The van der Waals surface area contributed by atoms with Crippen molar-refractivity contribution in [2.45, 2.75) is 59.1 Å². The van der Waals surface area contributed by atoms with E-state index < -0.39 is 0 Å². The number of hydrogen-bond donors (Lipinski definition) is 1. The van der Waals surface area contributed by atoms with Crippen LogP contribution in [0.4, 0.5) is 0 Å². The molecule has 0 amide bonds. The van der Waals surface area contributed by atoms with Crippen molar-refractivity contribution in [3.05, 3.63) is 0 Å². The third kappa shape index (κ3) is 2.71. The summed E-state index contributed by atoms with van der Waals surface area (Å²) < 4.78 is 5.89. The Hall–Kier alpha value is -0.0800. The van der Waals surface area contributed by atoms with Gasteiger partial charge in [-0.25, -0.2) is 0 Å². The number of ether oxygens (including phenoxy) is 1. The minimum atomic E-state index is 0.397. The molecule has 14 heavy (non-hydrogen) atoms. The van der Waals surface area contributed by atoms with Crippen LogP contribution in [-0.4, -0.2) is 25.3 Å². The molecular weight excluding hydrogens is 174 g/mol. The van der Waals surface area contributed by atoms with Crippen molar-refractivity contribution in [2.75, 3.05) is 13.2 Å². The summed E-state index contributed by atoms with van der Waals surface area (Å²) in [5, 5.41) is 3.57. The third-order valence-electron chi connectivity index (χ3n) is 3.25. The van der Waals surface area contributed by atoms with Crippen LogP contribution in [0, 0.1) is 5.41 Å². The Bertz CT molecular complexity index is 168. The Kier molecular flexibility index (Phi) is 4.39. The summed E-state index contributed by atoms with van der Waals surface area (Å²) in [7, 11) is 0. The first-order valence-corrected chi connectivity index (χ1v) is 5.96. The van der Waals surface area contributed by atoms with E-state index in [-0.39, 0.29) is 0 Å². The first kappa shape index (κ1) is 12.0. The van der Waals surface area contributed by atoms with Crippen molar-refractivity contribution in [3.63, 3.8) is 0 Å². The standard InChI is InChI=1S/C12H25NO/c1-5-9-14-10-7-8-12(3,4)11(10)13-6-2/h10-11,13H,5-9H2,1-4H3. The second-order valence-electron chi connectivity index (χ2n) is 4.97. The van der Waals surface area contributed by atoms with Gasteiger partial charge in [-0.2, -0.15) is 0 Å². The zero-order valence-corrected chi connectivity index (χ0v) is 10.1. The van der Waals surface area contributed by atoms with Gasteiger partial charge in [-0.05, 0) is 31.2 Å². The molecule has 0 aromatic heterocycles. The highest BCUT2D eigenvalue weighted by Crippen LogP contribution is 2.38. The molecule has 0 radical (unpaired) electrons. The minimum Gasteiger partial charge on any atom is -0.377 e. The van der Waals surface area contributed by atoms with Gasteiger partial charge in [0, 0.05) is 12.6 Å². The third-order valence-corrected chi connectivity index (χ3v) is 3.25. The van der Waals surface area contributed by atoms with E-state index in [9.17, 15) is 0 Å². The van der Waals surface area contributed by atoms with Gasteiger partial charge in [0.15, 0.2) is 0 Å². The molecule has 1 fully saturated rings. The SMILES string of the molecule is CCCOC1CCC(C)(C)C1NCC. The summed E-state index contributed by atoms with van der Waals surface area (Å²) in [5.41, 5.74) is 0.397. The van der Waals surface area contributed by atoms with Gasteiger partial charge in [-0.1, -0.05) is 27.7 Å². The van der Waals surface area contributed by atoms with E-state index >= 15 is 0 Å². The zero-order chi connectivity index (χ0) is 10.6. The molecule has 0 saturated heterocycles. The van der Waals surface area contributed by atoms with Gasteiger partial charge in [0.1, 0.15) is 0 Å². The average molecular weight is 199 g/mol. The van der Waals surface area contributed by atoms with E-state index in [1.807, 2.05) is 0 Å². The molecule has 0 bridgehead atoms. The molecule has 1 rings (SSSR count). The summed E-state index contributed by atoms with van der Waals surface area (Å²) in [5.74, 6) is 0. The van der Waals surface area contributed by atoms with Gasteiger partial charge in [-0.15, -0.1) is 0 Å². The molecule has 2 unspecified atom stereocenters. The lowest BCUT2D eigenvalue weighted by molar-refractivity contribution is 0.0276. The van der Waals surface area contributed by atoms with Crippen molar-refractivity contribution in [2.24, 2.45) is 5.41 Å². The lowest BCUT2D eigenvalue weighted by Gasteiger charge is -2.31. The van der Waals surface area contributed by atoms with Crippen LogP contribution in [0.1, 0.15) is 47.0 Å². The maximum atomic E-state index is 5.89. The smallest absolute Gasteiger partial charge is 0.0733 e. The fourth-order valence-electron chi connectivity index (χ4n) is 2.42. The number of hydrogen-bond acceptors (Lipinski definition) is 2. The second-order valence-corrected chi connectivity index (χ2v) is 4.97. The molecule has 0 aliphatic heterocycles. The van der Waals surface area contributed by atoms with Crippen molar-refractivity contribution < 1.29 is 4.74 Å². The van der Waals surface area contributed by atoms with Crippen molar-refractivity contribution in [1.82, 2.24) is 5.32 Å². The van der Waals surface area contributed by atoms with Gasteiger partial charge in [-0.3, -0.25) is 0 Å². The minimum absolute atomic E-state index is 0.397. The summed E-state index contributed by atoms with van der Waals surface area (Å²) in [6, 6.07) is 0.541. The molecule has 2 heteroatoms. The normalized spacial score (nSPS) is 30.9. The molecule has 0 spiro atoms. The van der Waals surface area contributed by atoms with Crippen LogP contribution in [0.25, 0.3) is 0 Å². The Morgan fingerprint density at radius 2 is 2.07 bits per heavy atom. The molecule has 0 aromatic carbocycles. The van der Waals surface area contributed by atoms with Gasteiger partial charge < -0.3 is 10.1 Å². The summed E-state index contributed by atoms with van der Waals surface area (Å²) in [6.45, 7) is 11.0. The Morgan fingerprint density at radius 3 is 2.64 bits per heavy atom. The molecule has 1 aliphatic carbocycles. The predicted octanol–water partition coefficient (Wildman–Crippen LogP) is 2.58. The first-order chi connectivity index (χ1) is 6.61. The summed E-state index contributed by atoms with van der Waals surface area (Å²) >= 11 is 0. The summed E-state index contributed by atoms with van der Waals surface area (Å²) in [6.07, 6.45) is 4.05. The van der Waals surface area contributed by atoms with Crippen LogP contribution in [0.5, 0.6) is 0 Å². The zero-order valence-electron chi connectivity index (χ0n) is 10.1. The van der Waals surface area contributed by atoms with E-state index in [1.54, 1.807) is 0 Å². The maximum absolute atomic E-state index is 5.89. The molecule has 2 nitrogen and oxygen atoms in total. The fraction of sp³-hybridized carbons (Fsp3) is 1.00. The van der Waals surface area contributed by atoms with Crippen LogP contribution in [0.2, 0.25) is 0 Å². The van der Waals surface area contributed by atoms with Gasteiger partial charge in [0.05, 0.1) is 6.10 Å². The van der Waals surface area contributed by atoms with Crippen LogP contribution >= 0.6 is 0 Å². The van der Waals surface area contributed by atoms with Crippen molar-refractivity contribution in [1.29, 1.82) is 0 Å². The Balaban J connectivity index is 2.50. The van der Waals surface area contributed by atoms with Gasteiger partial charge >= 0.3 is 0 Å². The first-order valence-electron chi connectivity index (χ1n) is 5.96. The van der Waals surface area contributed by atoms with E-state index in [0.29, 0.717) is 17.6 Å². The van der Waals surface area contributed by atoms with E-state index in [1.165, 1.54) is 12.8 Å². The number of likely N-dealkylation sites (N-methyl/N-ethyl adjacent to an activating group) is 1. The predicted molar refractivity (Wildman–Crippen MR) is 60.5 cm³/mol. The number of rotatable bonds is 5. The number of nitrogens with one attached hydrogen (secondary N) is 1. The van der Waals surface area contributed by atoms with Crippen molar-refractivity contribution in [3.8, 4) is 0 Å². The molecular formula is C12H25NO. The van der Waals surface area contributed by atoms with E-state index in [4.69, 9.17) is 4.74 Å². The monoisotopic (exact) mass is 199 g/mol.